The lowest BCUT2D eigenvalue weighted by atomic mass is 10.2. The molecule has 0 amide bonds. The highest BCUT2D eigenvalue weighted by Gasteiger charge is 1.99. The Morgan fingerprint density at radius 3 is 2.33 bits per heavy atom. The average molecular weight is 168 g/mol. The second-order valence-electron chi connectivity index (χ2n) is 2.57. The van der Waals surface area contributed by atoms with Crippen LogP contribution in [0.4, 0.5) is 4.39 Å². The van der Waals surface area contributed by atoms with Crippen LogP contribution in [0.5, 0.6) is 0 Å². The van der Waals surface area contributed by atoms with Gasteiger partial charge in [-0.2, -0.15) is 0 Å². The minimum Gasteiger partial charge on any atom is -0.211 e. The quantitative estimate of drug-likeness (QED) is 0.509. The molecule has 0 aromatic heterocycles. The lowest BCUT2D eigenvalue weighted by Gasteiger charge is -1.91. The Kier molecular flexibility index (Phi) is 5.35. The van der Waals surface area contributed by atoms with Gasteiger partial charge >= 0.3 is 0 Å². The molecular weight excluding hydrogens is 151 g/mol. The molecule has 1 rings (SSSR count). The van der Waals surface area contributed by atoms with Crippen LogP contribution < -0.4 is 0 Å². The number of hydrogen-bond donors (Lipinski definition) is 0. The number of hydrogen-bond acceptors (Lipinski definition) is 0. The standard InChI is InChI=1S/C9H11F.C2H6/c1-7-3-5-8(2)9(10)6-4-7;1-2/h3-5H,6H2,1-2H3;1-2H3. The molecule has 1 aliphatic carbocycles. The van der Waals surface area contributed by atoms with Crippen LogP contribution in [0.2, 0.25) is 0 Å². The molecule has 12 heavy (non-hydrogen) atoms. The maximum Gasteiger partial charge on any atom is 0.107 e. The first kappa shape index (κ1) is 11.2. The molecule has 0 N–H and O–H groups in total. The Hall–Kier alpha value is -0.850. The minimum atomic E-state index is -0.0203. The Labute approximate surface area is 74.5 Å². The molecule has 1 heteroatoms. The van der Waals surface area contributed by atoms with E-state index in [0.717, 1.165) is 11.1 Å². The van der Waals surface area contributed by atoms with Crippen LogP contribution in [0, 0.1) is 0 Å². The third-order valence-corrected chi connectivity index (χ3v) is 1.63. The summed E-state index contributed by atoms with van der Waals surface area (Å²) in [5.41, 5.74) is 1.88. The van der Waals surface area contributed by atoms with Crippen LogP contribution in [0.15, 0.2) is 35.2 Å². The number of rotatable bonds is 0. The smallest absolute Gasteiger partial charge is 0.107 e. The fraction of sp³-hybridized carbons (Fsp3) is 0.455. The second kappa shape index (κ2) is 5.76. The highest BCUT2D eigenvalue weighted by molar-refractivity contribution is 5.32. The zero-order valence-electron chi connectivity index (χ0n) is 8.32. The minimum absolute atomic E-state index is 0.0203. The van der Waals surface area contributed by atoms with Gasteiger partial charge in [0.2, 0.25) is 0 Å². The monoisotopic (exact) mass is 168 g/mol. The highest BCUT2D eigenvalue weighted by atomic mass is 19.1. The lowest BCUT2D eigenvalue weighted by Crippen LogP contribution is -1.73. The van der Waals surface area contributed by atoms with E-state index >= 15 is 0 Å². The predicted molar refractivity (Wildman–Crippen MR) is 52.7 cm³/mol. The summed E-state index contributed by atoms with van der Waals surface area (Å²) in [5, 5.41) is 0. The number of allylic oxidation sites excluding steroid dienone is 6. The van der Waals surface area contributed by atoms with Crippen LogP contribution in [-0.4, -0.2) is 0 Å². The Morgan fingerprint density at radius 1 is 1.17 bits per heavy atom. The Balaban J connectivity index is 0.000000561. The van der Waals surface area contributed by atoms with Crippen LogP contribution in [0.25, 0.3) is 0 Å². The molecule has 0 heterocycles. The van der Waals surface area contributed by atoms with Crippen molar-refractivity contribution in [3.05, 3.63) is 35.2 Å². The molecule has 0 radical (unpaired) electrons. The van der Waals surface area contributed by atoms with Gasteiger partial charge in [-0.25, -0.2) is 4.39 Å². The van der Waals surface area contributed by atoms with Gasteiger partial charge in [-0.15, -0.1) is 0 Å². The Bertz CT molecular complexity index is 219. The van der Waals surface area contributed by atoms with Gasteiger partial charge in [0.15, 0.2) is 0 Å². The lowest BCUT2D eigenvalue weighted by molar-refractivity contribution is 0.609. The molecule has 0 spiro atoms. The molecule has 0 aromatic carbocycles. The second-order valence-corrected chi connectivity index (χ2v) is 2.57. The third-order valence-electron chi connectivity index (χ3n) is 1.63. The van der Waals surface area contributed by atoms with Crippen molar-refractivity contribution in [1.82, 2.24) is 0 Å². The van der Waals surface area contributed by atoms with Crippen LogP contribution in [-0.2, 0) is 0 Å². The van der Waals surface area contributed by atoms with Gasteiger partial charge in [0.05, 0.1) is 0 Å². The largest absolute Gasteiger partial charge is 0.211 e. The molecule has 0 aromatic rings. The van der Waals surface area contributed by atoms with Crippen molar-refractivity contribution in [3.8, 4) is 0 Å². The summed E-state index contributed by atoms with van der Waals surface area (Å²) in [6, 6.07) is 0. The summed E-state index contributed by atoms with van der Waals surface area (Å²) in [4.78, 5) is 0. The van der Waals surface area contributed by atoms with Gasteiger partial charge in [0.1, 0.15) is 5.83 Å². The molecule has 0 saturated carbocycles. The summed E-state index contributed by atoms with van der Waals surface area (Å²) in [5.74, 6) is -0.0203. The van der Waals surface area contributed by atoms with Gasteiger partial charge < -0.3 is 0 Å². The van der Waals surface area contributed by atoms with E-state index in [-0.39, 0.29) is 5.83 Å². The summed E-state index contributed by atoms with van der Waals surface area (Å²) in [6.07, 6.45) is 6.09. The van der Waals surface area contributed by atoms with E-state index in [0.29, 0.717) is 6.42 Å². The van der Waals surface area contributed by atoms with E-state index in [1.165, 1.54) is 0 Å². The first-order valence-electron chi connectivity index (χ1n) is 4.40. The molecule has 0 aliphatic heterocycles. The van der Waals surface area contributed by atoms with Crippen molar-refractivity contribution in [1.29, 1.82) is 0 Å². The van der Waals surface area contributed by atoms with Crippen molar-refractivity contribution in [2.24, 2.45) is 0 Å². The molecule has 1 aliphatic rings. The van der Waals surface area contributed by atoms with Crippen molar-refractivity contribution in [2.75, 3.05) is 0 Å². The average Bonchev–Trinajstić information content (AvgIpc) is 2.24. The van der Waals surface area contributed by atoms with Crippen molar-refractivity contribution in [2.45, 2.75) is 34.1 Å². The summed E-state index contributed by atoms with van der Waals surface area (Å²) in [6.45, 7) is 7.76. The first-order valence-corrected chi connectivity index (χ1v) is 4.40. The molecule has 68 valence electrons. The fourth-order valence-electron chi connectivity index (χ4n) is 0.826. The van der Waals surface area contributed by atoms with E-state index < -0.39 is 0 Å². The molecule has 0 nitrogen and oxygen atoms in total. The molecule has 0 fully saturated rings. The molecule has 0 saturated heterocycles. The van der Waals surface area contributed by atoms with Gasteiger partial charge in [0, 0.05) is 6.42 Å². The first-order chi connectivity index (χ1) is 5.70. The SMILES string of the molecule is CC.CC1=CCC(F)=C(C)C=C1. The Morgan fingerprint density at radius 2 is 1.75 bits per heavy atom. The zero-order chi connectivity index (χ0) is 9.56. The van der Waals surface area contributed by atoms with Gasteiger partial charge in [-0.3, -0.25) is 0 Å². The van der Waals surface area contributed by atoms with E-state index in [4.69, 9.17) is 0 Å². The van der Waals surface area contributed by atoms with Crippen LogP contribution in [0.1, 0.15) is 34.1 Å². The maximum atomic E-state index is 12.8. The molecular formula is C11H17F. The molecule has 0 unspecified atom stereocenters. The van der Waals surface area contributed by atoms with Gasteiger partial charge in [-0.05, 0) is 19.4 Å². The normalized spacial score (nSPS) is 16.2. The highest BCUT2D eigenvalue weighted by Crippen LogP contribution is 2.17. The maximum absolute atomic E-state index is 12.8. The van der Waals surface area contributed by atoms with Crippen LogP contribution >= 0.6 is 0 Å². The van der Waals surface area contributed by atoms with E-state index in [9.17, 15) is 4.39 Å². The van der Waals surface area contributed by atoms with Crippen molar-refractivity contribution in [3.63, 3.8) is 0 Å². The fourth-order valence-corrected chi connectivity index (χ4v) is 0.826. The van der Waals surface area contributed by atoms with E-state index in [1.807, 2.05) is 39.0 Å². The summed E-state index contributed by atoms with van der Waals surface area (Å²) in [7, 11) is 0. The van der Waals surface area contributed by atoms with E-state index in [2.05, 4.69) is 0 Å². The predicted octanol–water partition coefficient (Wildman–Crippen LogP) is 4.16. The van der Waals surface area contributed by atoms with E-state index in [1.54, 1.807) is 6.92 Å². The number of halogens is 1. The topological polar surface area (TPSA) is 0 Å². The zero-order valence-corrected chi connectivity index (χ0v) is 8.32. The van der Waals surface area contributed by atoms with Crippen molar-refractivity contribution < 1.29 is 4.39 Å². The summed E-state index contributed by atoms with van der Waals surface area (Å²) >= 11 is 0. The van der Waals surface area contributed by atoms with Gasteiger partial charge in [0.25, 0.3) is 0 Å². The molecule has 0 bridgehead atoms. The van der Waals surface area contributed by atoms with Crippen molar-refractivity contribution >= 4 is 0 Å². The summed E-state index contributed by atoms with van der Waals surface area (Å²) < 4.78 is 12.8. The third kappa shape index (κ3) is 3.51. The van der Waals surface area contributed by atoms with Gasteiger partial charge in [-0.1, -0.05) is 37.6 Å². The van der Waals surface area contributed by atoms with Crippen LogP contribution in [0.3, 0.4) is 0 Å². The molecule has 0 atom stereocenters.